The van der Waals surface area contributed by atoms with Gasteiger partial charge in [0.05, 0.1) is 21.7 Å². The third-order valence-electron chi connectivity index (χ3n) is 7.51. The molecular weight excluding hydrogens is 434 g/mol. The Kier molecular flexibility index (Phi) is 5.85. The maximum atomic E-state index is 13.6. The summed E-state index contributed by atoms with van der Waals surface area (Å²) in [4.78, 5) is 15.5. The summed E-state index contributed by atoms with van der Waals surface area (Å²) in [5.41, 5.74) is 0.892. The molecule has 0 aliphatic heterocycles. The van der Waals surface area contributed by atoms with Crippen LogP contribution in [-0.2, 0) is 14.8 Å². The molecule has 4 aliphatic carbocycles. The zero-order valence-corrected chi connectivity index (χ0v) is 20.5. The number of nitrogens with one attached hydrogen (secondary N) is 1. The molecule has 4 bridgehead atoms. The molecule has 1 amide bonds. The van der Waals surface area contributed by atoms with Crippen molar-refractivity contribution in [2.45, 2.75) is 62.1 Å². The highest BCUT2D eigenvalue weighted by molar-refractivity contribution is 7.89. The summed E-state index contributed by atoms with van der Waals surface area (Å²) in [5.74, 6) is 1.03. The lowest BCUT2D eigenvalue weighted by atomic mass is 9.49. The van der Waals surface area contributed by atoms with Crippen LogP contribution in [0.15, 0.2) is 23.1 Å². The highest BCUT2D eigenvalue weighted by atomic mass is 35.5. The number of nitrogens with zero attached hydrogens (tertiary/aromatic N) is 2. The molecule has 172 valence electrons. The van der Waals surface area contributed by atoms with Crippen LogP contribution in [-0.4, -0.2) is 50.7 Å². The van der Waals surface area contributed by atoms with Gasteiger partial charge in [0.15, 0.2) is 0 Å². The van der Waals surface area contributed by atoms with E-state index >= 15 is 0 Å². The lowest BCUT2D eigenvalue weighted by molar-refractivity contribution is -0.138. The molecule has 0 aromatic heterocycles. The maximum Gasteiger partial charge on any atom is 0.243 e. The fourth-order valence-electron chi connectivity index (χ4n) is 6.55. The summed E-state index contributed by atoms with van der Waals surface area (Å²) >= 11 is 6.93. The topological polar surface area (TPSA) is 69.7 Å². The number of carbonyl (C=O) groups excluding carboxylic acids is 1. The van der Waals surface area contributed by atoms with Crippen LogP contribution in [0.25, 0.3) is 0 Å². The lowest BCUT2D eigenvalue weighted by Crippen LogP contribution is -2.57. The first kappa shape index (κ1) is 22.9. The minimum atomic E-state index is -3.61. The van der Waals surface area contributed by atoms with E-state index in [2.05, 4.69) is 5.32 Å². The standard InChI is InChI=1S/C23H34ClN3O3S/c1-5-27(6-2)31(29,30)18-7-8-20(26(3)4)19(10-18)25-21(28)22-11-16-9-17(12-22)14-23(24,13-16)15-22/h7-8,10,16-17H,5-6,9,11-15H2,1-4H3,(H,25,28). The van der Waals surface area contributed by atoms with E-state index in [0.29, 0.717) is 30.6 Å². The molecule has 31 heavy (non-hydrogen) atoms. The molecule has 4 saturated carbocycles. The Hall–Kier alpha value is -1.31. The van der Waals surface area contributed by atoms with Crippen molar-refractivity contribution in [1.82, 2.24) is 4.31 Å². The molecule has 2 unspecified atom stereocenters. The van der Waals surface area contributed by atoms with Gasteiger partial charge in [-0.05, 0) is 68.6 Å². The highest BCUT2D eigenvalue weighted by Gasteiger charge is 2.60. The van der Waals surface area contributed by atoms with Gasteiger partial charge >= 0.3 is 0 Å². The second kappa shape index (κ2) is 7.92. The summed E-state index contributed by atoms with van der Waals surface area (Å²) in [5, 5.41) is 3.13. The SMILES string of the molecule is CCN(CC)S(=O)(=O)c1ccc(N(C)C)c(NC(=O)C23CC4CC(CC(Cl)(C4)C2)C3)c1. The van der Waals surface area contributed by atoms with Crippen molar-refractivity contribution >= 4 is 38.9 Å². The third-order valence-corrected chi connectivity index (χ3v) is 10.0. The summed E-state index contributed by atoms with van der Waals surface area (Å²) in [6, 6.07) is 5.00. The molecule has 0 saturated heterocycles. The molecule has 2 atom stereocenters. The Morgan fingerprint density at radius 2 is 1.74 bits per heavy atom. The third kappa shape index (κ3) is 3.98. The molecule has 0 radical (unpaired) electrons. The molecule has 0 spiro atoms. The number of benzene rings is 1. The molecule has 1 aromatic rings. The van der Waals surface area contributed by atoms with E-state index in [1.54, 1.807) is 18.2 Å². The number of anilines is 2. The quantitative estimate of drug-likeness (QED) is 0.607. The van der Waals surface area contributed by atoms with Gasteiger partial charge in [0, 0.05) is 32.1 Å². The second-order valence-electron chi connectivity index (χ2n) is 10.0. The first-order chi connectivity index (χ1) is 14.5. The van der Waals surface area contributed by atoms with Crippen LogP contribution in [0.4, 0.5) is 11.4 Å². The summed E-state index contributed by atoms with van der Waals surface area (Å²) in [7, 11) is 0.167. The molecule has 1 aromatic carbocycles. The average molecular weight is 468 g/mol. The van der Waals surface area contributed by atoms with Gasteiger partial charge in [0.1, 0.15) is 0 Å². The number of amides is 1. The first-order valence-corrected chi connectivity index (χ1v) is 13.2. The average Bonchev–Trinajstić information content (AvgIpc) is 2.66. The molecule has 8 heteroatoms. The molecule has 1 N–H and O–H groups in total. The van der Waals surface area contributed by atoms with Crippen LogP contribution in [0.2, 0.25) is 0 Å². The van der Waals surface area contributed by atoms with Gasteiger partial charge in [-0.3, -0.25) is 4.79 Å². The van der Waals surface area contributed by atoms with Crippen molar-refractivity contribution < 1.29 is 13.2 Å². The number of hydrogen-bond acceptors (Lipinski definition) is 4. The molecule has 4 aliphatic rings. The van der Waals surface area contributed by atoms with Gasteiger partial charge in [0.2, 0.25) is 15.9 Å². The highest BCUT2D eigenvalue weighted by Crippen LogP contribution is 2.64. The lowest BCUT2D eigenvalue weighted by Gasteiger charge is -2.59. The summed E-state index contributed by atoms with van der Waals surface area (Å²) in [6.45, 7) is 4.46. The minimum absolute atomic E-state index is 0.00730. The van der Waals surface area contributed by atoms with E-state index in [0.717, 1.165) is 37.8 Å². The van der Waals surface area contributed by atoms with Gasteiger partial charge in [0.25, 0.3) is 0 Å². The largest absolute Gasteiger partial charge is 0.376 e. The van der Waals surface area contributed by atoms with Gasteiger partial charge in [-0.25, -0.2) is 8.42 Å². The minimum Gasteiger partial charge on any atom is -0.376 e. The van der Waals surface area contributed by atoms with E-state index in [9.17, 15) is 13.2 Å². The van der Waals surface area contributed by atoms with Crippen molar-refractivity contribution in [3.8, 4) is 0 Å². The number of halogens is 1. The Bertz CT molecular complexity index is 960. The van der Waals surface area contributed by atoms with Crippen LogP contribution >= 0.6 is 11.6 Å². The van der Waals surface area contributed by atoms with E-state index in [1.807, 2.05) is 32.8 Å². The van der Waals surface area contributed by atoms with Crippen LogP contribution in [0.5, 0.6) is 0 Å². The predicted molar refractivity (Wildman–Crippen MR) is 125 cm³/mol. The predicted octanol–water partition coefficient (Wildman–Crippen LogP) is 4.30. The second-order valence-corrected chi connectivity index (χ2v) is 12.7. The smallest absolute Gasteiger partial charge is 0.243 e. The van der Waals surface area contributed by atoms with Crippen LogP contribution in [0.3, 0.4) is 0 Å². The molecule has 4 fully saturated rings. The molecular formula is C23H34ClN3O3S. The van der Waals surface area contributed by atoms with E-state index in [4.69, 9.17) is 11.6 Å². The summed E-state index contributed by atoms with van der Waals surface area (Å²) in [6.07, 6.45) is 5.71. The number of rotatable bonds is 7. The van der Waals surface area contributed by atoms with Crippen LogP contribution in [0.1, 0.15) is 52.4 Å². The van der Waals surface area contributed by atoms with Gasteiger partial charge < -0.3 is 10.2 Å². The van der Waals surface area contributed by atoms with Crippen molar-refractivity contribution in [1.29, 1.82) is 0 Å². The Morgan fingerprint density at radius 1 is 1.13 bits per heavy atom. The van der Waals surface area contributed by atoms with Crippen LogP contribution in [0, 0.1) is 17.3 Å². The number of alkyl halides is 1. The number of hydrogen-bond donors (Lipinski definition) is 1. The van der Waals surface area contributed by atoms with Crippen LogP contribution < -0.4 is 10.2 Å². The normalized spacial score (nSPS) is 31.8. The first-order valence-electron chi connectivity index (χ1n) is 11.3. The maximum absolute atomic E-state index is 13.6. The van der Waals surface area contributed by atoms with Gasteiger partial charge in [-0.2, -0.15) is 4.31 Å². The Balaban J connectivity index is 1.67. The number of carbonyl (C=O) groups is 1. The fraction of sp³-hybridized carbons (Fsp3) is 0.696. The molecule has 0 heterocycles. The zero-order valence-electron chi connectivity index (χ0n) is 18.9. The van der Waals surface area contributed by atoms with Crippen molar-refractivity contribution in [2.24, 2.45) is 17.3 Å². The van der Waals surface area contributed by atoms with Gasteiger partial charge in [-0.1, -0.05) is 13.8 Å². The number of sulfonamides is 1. The monoisotopic (exact) mass is 467 g/mol. The Morgan fingerprint density at radius 3 is 2.26 bits per heavy atom. The van der Waals surface area contributed by atoms with Gasteiger partial charge in [-0.15, -0.1) is 11.6 Å². The van der Waals surface area contributed by atoms with E-state index in [1.165, 1.54) is 10.7 Å². The van der Waals surface area contributed by atoms with Crippen molar-refractivity contribution in [2.75, 3.05) is 37.4 Å². The molecule has 5 rings (SSSR count). The van der Waals surface area contributed by atoms with Crippen molar-refractivity contribution in [3.63, 3.8) is 0 Å². The Labute approximate surface area is 191 Å². The van der Waals surface area contributed by atoms with Crippen molar-refractivity contribution in [3.05, 3.63) is 18.2 Å². The molecule has 6 nitrogen and oxygen atoms in total. The fourth-order valence-corrected chi connectivity index (χ4v) is 8.73. The van der Waals surface area contributed by atoms with E-state index < -0.39 is 15.4 Å². The van der Waals surface area contributed by atoms with E-state index in [-0.39, 0.29) is 15.7 Å². The summed E-state index contributed by atoms with van der Waals surface area (Å²) < 4.78 is 27.5. The zero-order chi connectivity index (χ0) is 22.6.